The summed E-state index contributed by atoms with van der Waals surface area (Å²) in [4.78, 5) is 4.77. The summed E-state index contributed by atoms with van der Waals surface area (Å²) in [7, 11) is 0. The maximum atomic E-state index is 2.40. The maximum Gasteiger partial charge on any atom is 0.0546 e. The van der Waals surface area contributed by atoms with Crippen molar-refractivity contribution in [2.24, 2.45) is 0 Å². The predicted octanol–water partition coefficient (Wildman–Crippen LogP) is 16.6. The Kier molecular flexibility index (Phi) is 8.87. The van der Waals surface area contributed by atoms with E-state index in [9.17, 15) is 0 Å². The molecule has 0 spiro atoms. The van der Waals surface area contributed by atoms with Crippen LogP contribution in [0, 0.1) is 0 Å². The van der Waals surface area contributed by atoms with Gasteiger partial charge in [-0.15, -0.1) is 0 Å². The van der Waals surface area contributed by atoms with Crippen molar-refractivity contribution >= 4 is 100 Å². The molecule has 0 radical (unpaired) electrons. The second-order valence-electron chi connectivity index (χ2n) is 15.4. The Bertz CT molecular complexity index is 3370. The Balaban J connectivity index is 0.921. The molecular formula is C58H40N2. The molecule has 0 saturated carbocycles. The monoisotopic (exact) mass is 764 g/mol. The van der Waals surface area contributed by atoms with Gasteiger partial charge in [0.1, 0.15) is 0 Å². The van der Waals surface area contributed by atoms with Crippen LogP contribution in [-0.4, -0.2) is 0 Å². The third-order valence-corrected chi connectivity index (χ3v) is 11.7. The van der Waals surface area contributed by atoms with Crippen molar-refractivity contribution in [2.45, 2.75) is 0 Å². The van der Waals surface area contributed by atoms with E-state index in [-0.39, 0.29) is 0 Å². The summed E-state index contributed by atoms with van der Waals surface area (Å²) in [5, 5.41) is 12.3. The van der Waals surface area contributed by atoms with E-state index in [0.717, 1.165) is 45.3 Å². The molecule has 0 bridgehead atoms. The normalized spacial score (nSPS) is 11.6. The van der Waals surface area contributed by atoms with Crippen molar-refractivity contribution in [2.75, 3.05) is 9.80 Å². The number of nitrogens with zero attached hydrogens (tertiary/aromatic N) is 2. The minimum atomic E-state index is 1.11. The first kappa shape index (κ1) is 35.2. The van der Waals surface area contributed by atoms with Gasteiger partial charge in [0.25, 0.3) is 0 Å². The van der Waals surface area contributed by atoms with Crippen LogP contribution in [0.4, 0.5) is 34.1 Å². The van der Waals surface area contributed by atoms with E-state index >= 15 is 0 Å². The molecule has 0 heterocycles. The van der Waals surface area contributed by atoms with Crippen LogP contribution < -0.4 is 9.80 Å². The lowest BCUT2D eigenvalue weighted by Gasteiger charge is -2.28. The number of hydrogen-bond acceptors (Lipinski definition) is 2. The maximum absolute atomic E-state index is 2.40. The zero-order chi connectivity index (χ0) is 39.8. The molecule has 0 unspecified atom stereocenters. The van der Waals surface area contributed by atoms with Crippen LogP contribution in [0.15, 0.2) is 231 Å². The smallest absolute Gasteiger partial charge is 0.0546 e. The summed E-state index contributed by atoms with van der Waals surface area (Å²) in [6, 6.07) is 83.3. The second-order valence-corrected chi connectivity index (χ2v) is 15.4. The molecule has 0 aliphatic heterocycles. The average Bonchev–Trinajstić information content (AvgIpc) is 3.32. The summed E-state index contributed by atoms with van der Waals surface area (Å²) in [5.41, 5.74) is 9.12. The van der Waals surface area contributed by atoms with Crippen LogP contribution in [0.5, 0.6) is 0 Å². The molecule has 2 heteroatoms. The lowest BCUT2D eigenvalue weighted by Crippen LogP contribution is -2.10. The number of para-hydroxylation sites is 2. The lowest BCUT2D eigenvalue weighted by atomic mass is 9.98. The fourth-order valence-electron chi connectivity index (χ4n) is 8.87. The first-order valence-electron chi connectivity index (χ1n) is 20.6. The fourth-order valence-corrected chi connectivity index (χ4v) is 8.87. The second kappa shape index (κ2) is 15.1. The van der Waals surface area contributed by atoms with Gasteiger partial charge in [-0.3, -0.25) is 0 Å². The van der Waals surface area contributed by atoms with E-state index in [2.05, 4.69) is 252 Å². The SMILES string of the molecule is C(=C\c1ccc2cc(N(c3ccccc3)c3cc4ccccc4c4ccccc34)ccc2c1)/c1ccc(N(c2ccccc2)c2cc3ccccc3c3ccccc23)cc1. The third-order valence-electron chi connectivity index (χ3n) is 11.7. The topological polar surface area (TPSA) is 6.48 Å². The zero-order valence-electron chi connectivity index (χ0n) is 33.0. The van der Waals surface area contributed by atoms with Gasteiger partial charge in [-0.25, -0.2) is 0 Å². The molecule has 11 aromatic carbocycles. The Hall–Kier alpha value is -7.94. The number of hydrogen-bond donors (Lipinski definition) is 0. The minimum Gasteiger partial charge on any atom is -0.310 e. The molecule has 11 rings (SSSR count). The van der Waals surface area contributed by atoms with Crippen molar-refractivity contribution in [3.8, 4) is 0 Å². The highest BCUT2D eigenvalue weighted by Crippen LogP contribution is 2.44. The van der Waals surface area contributed by atoms with E-state index < -0.39 is 0 Å². The Labute approximate surface area is 350 Å². The average molecular weight is 765 g/mol. The van der Waals surface area contributed by atoms with Crippen molar-refractivity contribution in [1.29, 1.82) is 0 Å². The van der Waals surface area contributed by atoms with Gasteiger partial charge in [0.2, 0.25) is 0 Å². The molecule has 0 fully saturated rings. The first-order valence-corrected chi connectivity index (χ1v) is 20.6. The minimum absolute atomic E-state index is 1.11. The van der Waals surface area contributed by atoms with Crippen molar-refractivity contribution < 1.29 is 0 Å². The van der Waals surface area contributed by atoms with Gasteiger partial charge in [-0.2, -0.15) is 0 Å². The summed E-state index contributed by atoms with van der Waals surface area (Å²) >= 11 is 0. The summed E-state index contributed by atoms with van der Waals surface area (Å²) < 4.78 is 0. The molecule has 11 aromatic rings. The standard InChI is InChI=1S/C58H40N2/c1-3-17-47(18-4-1)59(57-39-45-15-7-9-21-51(45)53-23-11-13-25-55(53)57)49-34-30-41(31-35-49)27-28-42-29-32-44-38-50(36-33-43(44)37-42)60(48-19-5-2-6-20-48)58-40-46-16-8-10-22-52(46)54-24-12-14-26-56(54)58/h1-40H/b28-27+. The molecule has 0 aliphatic rings. The largest absolute Gasteiger partial charge is 0.310 e. The summed E-state index contributed by atoms with van der Waals surface area (Å²) in [6.07, 6.45) is 4.42. The molecule has 0 atom stereocenters. The highest BCUT2D eigenvalue weighted by Gasteiger charge is 2.19. The van der Waals surface area contributed by atoms with Crippen molar-refractivity contribution in [3.63, 3.8) is 0 Å². The predicted molar refractivity (Wildman–Crippen MR) is 259 cm³/mol. The van der Waals surface area contributed by atoms with E-state index in [4.69, 9.17) is 0 Å². The van der Waals surface area contributed by atoms with E-state index in [1.165, 1.54) is 53.9 Å². The molecule has 2 nitrogen and oxygen atoms in total. The molecule has 0 saturated heterocycles. The van der Waals surface area contributed by atoms with Gasteiger partial charge in [0.15, 0.2) is 0 Å². The molecule has 0 aromatic heterocycles. The molecule has 282 valence electrons. The van der Waals surface area contributed by atoms with E-state index in [1.807, 2.05) is 0 Å². The highest BCUT2D eigenvalue weighted by molar-refractivity contribution is 6.16. The Morgan fingerprint density at radius 2 is 0.617 bits per heavy atom. The molecule has 0 amide bonds. The fraction of sp³-hybridized carbons (Fsp3) is 0. The number of benzene rings is 11. The van der Waals surface area contributed by atoms with Crippen LogP contribution >= 0.6 is 0 Å². The van der Waals surface area contributed by atoms with Gasteiger partial charge < -0.3 is 9.80 Å². The Morgan fingerprint density at radius 3 is 1.18 bits per heavy atom. The zero-order valence-corrected chi connectivity index (χ0v) is 33.0. The first-order chi connectivity index (χ1) is 29.7. The molecule has 0 N–H and O–H groups in total. The van der Waals surface area contributed by atoms with E-state index in [1.54, 1.807) is 0 Å². The van der Waals surface area contributed by atoms with E-state index in [0.29, 0.717) is 0 Å². The highest BCUT2D eigenvalue weighted by atomic mass is 15.1. The van der Waals surface area contributed by atoms with Crippen LogP contribution in [0.25, 0.3) is 66.0 Å². The Morgan fingerprint density at radius 1 is 0.233 bits per heavy atom. The van der Waals surface area contributed by atoms with Gasteiger partial charge in [0.05, 0.1) is 11.4 Å². The summed E-state index contributed by atoms with van der Waals surface area (Å²) in [6.45, 7) is 0. The van der Waals surface area contributed by atoms with Crippen LogP contribution in [-0.2, 0) is 0 Å². The van der Waals surface area contributed by atoms with Gasteiger partial charge in [0, 0.05) is 33.5 Å². The molecular weight excluding hydrogens is 725 g/mol. The van der Waals surface area contributed by atoms with Crippen LogP contribution in [0.1, 0.15) is 11.1 Å². The van der Waals surface area contributed by atoms with Crippen LogP contribution in [0.3, 0.4) is 0 Å². The van der Waals surface area contributed by atoms with Crippen molar-refractivity contribution in [3.05, 3.63) is 242 Å². The molecule has 60 heavy (non-hydrogen) atoms. The quantitative estimate of drug-likeness (QED) is 0.112. The number of rotatable bonds is 8. The third kappa shape index (κ3) is 6.41. The van der Waals surface area contributed by atoms with Crippen LogP contribution in [0.2, 0.25) is 0 Å². The van der Waals surface area contributed by atoms with Gasteiger partial charge in [-0.05, 0) is 121 Å². The number of anilines is 6. The van der Waals surface area contributed by atoms with Crippen molar-refractivity contribution in [1.82, 2.24) is 0 Å². The summed E-state index contributed by atoms with van der Waals surface area (Å²) in [5.74, 6) is 0. The molecule has 0 aliphatic carbocycles. The number of fused-ring (bicyclic) bond motifs is 7. The van der Waals surface area contributed by atoms with Gasteiger partial charge >= 0.3 is 0 Å². The van der Waals surface area contributed by atoms with Gasteiger partial charge in [-0.1, -0.05) is 176 Å². The lowest BCUT2D eigenvalue weighted by molar-refractivity contribution is 1.30.